The molecule has 0 amide bonds. The Bertz CT molecular complexity index is 721. The van der Waals surface area contributed by atoms with E-state index in [-0.39, 0.29) is 15.5 Å². The van der Waals surface area contributed by atoms with E-state index in [2.05, 4.69) is 20.7 Å². The minimum atomic E-state index is -3.82. The van der Waals surface area contributed by atoms with Crippen LogP contribution in [0.4, 0.5) is 14.5 Å². The molecule has 112 valence electrons. The molecule has 0 fully saturated rings. The summed E-state index contributed by atoms with van der Waals surface area (Å²) in [5, 5.41) is 0. The van der Waals surface area contributed by atoms with Crippen molar-refractivity contribution < 1.29 is 17.2 Å². The molecule has 0 saturated carbocycles. The van der Waals surface area contributed by atoms with Crippen LogP contribution in [-0.2, 0) is 10.0 Å². The topological polar surface area (TPSA) is 46.2 Å². The maximum absolute atomic E-state index is 12.5. The first kappa shape index (κ1) is 16.3. The van der Waals surface area contributed by atoms with Gasteiger partial charge in [-0.25, -0.2) is 8.42 Å². The number of halogens is 3. The van der Waals surface area contributed by atoms with Gasteiger partial charge in [-0.2, -0.15) is 8.78 Å². The van der Waals surface area contributed by atoms with Crippen LogP contribution in [0.3, 0.4) is 0 Å². The Hall–Kier alpha value is -1.12. The Morgan fingerprint density at radius 1 is 1.05 bits per heavy atom. The molecule has 0 atom stereocenters. The minimum Gasteiger partial charge on any atom is -0.278 e. The molecule has 0 heterocycles. The van der Waals surface area contributed by atoms with Crippen LogP contribution < -0.4 is 4.72 Å². The molecule has 8 heteroatoms. The summed E-state index contributed by atoms with van der Waals surface area (Å²) in [6, 6.07) is 12.1. The van der Waals surface area contributed by atoms with Gasteiger partial charge in [0.15, 0.2) is 0 Å². The fourth-order valence-electron chi connectivity index (χ4n) is 1.57. The Morgan fingerprint density at radius 2 is 1.67 bits per heavy atom. The SMILES string of the molecule is O=S(=O)(Nc1ccccc1SC(F)F)c1ccc(Br)cc1. The second-order valence-corrected chi connectivity index (χ2v) is 7.56. The standard InChI is InChI=1S/C13H10BrF2NO2S2/c14-9-5-7-10(8-6-9)21(18,19)17-11-3-1-2-4-12(11)20-13(15)16/h1-8,13,17H. The third-order valence-electron chi connectivity index (χ3n) is 2.47. The summed E-state index contributed by atoms with van der Waals surface area (Å²) in [4.78, 5) is 0.232. The van der Waals surface area contributed by atoms with Gasteiger partial charge in [0, 0.05) is 9.37 Å². The molecule has 3 nitrogen and oxygen atoms in total. The van der Waals surface area contributed by atoms with E-state index in [9.17, 15) is 17.2 Å². The fourth-order valence-corrected chi connectivity index (χ4v) is 3.57. The number of hydrogen-bond donors (Lipinski definition) is 1. The van der Waals surface area contributed by atoms with Crippen LogP contribution in [0, 0.1) is 0 Å². The van der Waals surface area contributed by atoms with E-state index in [1.54, 1.807) is 24.3 Å². The molecule has 0 unspecified atom stereocenters. The maximum atomic E-state index is 12.5. The van der Waals surface area contributed by atoms with Gasteiger partial charge in [-0.05, 0) is 36.4 Å². The predicted molar refractivity (Wildman–Crippen MR) is 83.3 cm³/mol. The molecule has 0 aliphatic carbocycles. The zero-order valence-corrected chi connectivity index (χ0v) is 13.7. The molecule has 2 aromatic rings. The van der Waals surface area contributed by atoms with Gasteiger partial charge >= 0.3 is 0 Å². The molecule has 0 saturated heterocycles. The highest BCUT2D eigenvalue weighted by molar-refractivity contribution is 9.10. The van der Waals surface area contributed by atoms with Crippen molar-refractivity contribution in [3.05, 3.63) is 53.0 Å². The lowest BCUT2D eigenvalue weighted by atomic mass is 10.3. The summed E-state index contributed by atoms with van der Waals surface area (Å²) in [5.41, 5.74) is 0.130. The number of anilines is 1. The average Bonchev–Trinajstić information content (AvgIpc) is 2.40. The molecular weight excluding hydrogens is 384 g/mol. The molecule has 2 aromatic carbocycles. The Labute approximate surface area is 133 Å². The molecule has 0 aliphatic heterocycles. The van der Waals surface area contributed by atoms with Gasteiger partial charge in [0.05, 0.1) is 10.6 Å². The minimum absolute atomic E-state index is 0.0579. The molecule has 0 aromatic heterocycles. The van der Waals surface area contributed by atoms with Crippen molar-refractivity contribution in [3.8, 4) is 0 Å². The predicted octanol–water partition coefficient (Wildman–Crippen LogP) is 4.56. The number of rotatable bonds is 5. The molecule has 0 spiro atoms. The van der Waals surface area contributed by atoms with Gasteiger partial charge in [0.25, 0.3) is 15.8 Å². The molecule has 21 heavy (non-hydrogen) atoms. The number of para-hydroxylation sites is 1. The highest BCUT2D eigenvalue weighted by Gasteiger charge is 2.17. The van der Waals surface area contributed by atoms with Crippen molar-refractivity contribution >= 4 is 43.4 Å². The summed E-state index contributed by atoms with van der Waals surface area (Å²) >= 11 is 3.51. The van der Waals surface area contributed by atoms with Gasteiger partial charge in [-0.15, -0.1) is 0 Å². The van der Waals surface area contributed by atoms with E-state index in [0.717, 1.165) is 4.47 Å². The summed E-state index contributed by atoms with van der Waals surface area (Å²) in [6.07, 6.45) is 0. The number of thioether (sulfide) groups is 1. The van der Waals surface area contributed by atoms with Crippen molar-refractivity contribution in [3.63, 3.8) is 0 Å². The molecular formula is C13H10BrF2NO2S2. The second-order valence-electron chi connectivity index (χ2n) is 3.93. The molecule has 0 bridgehead atoms. The van der Waals surface area contributed by atoms with Crippen LogP contribution in [0.1, 0.15) is 0 Å². The molecule has 0 aliphatic rings. The number of benzene rings is 2. The number of hydrogen-bond acceptors (Lipinski definition) is 3. The summed E-state index contributed by atoms with van der Waals surface area (Å²) in [6.45, 7) is 0. The Kier molecular flexibility index (Phi) is 5.23. The van der Waals surface area contributed by atoms with E-state index in [0.29, 0.717) is 11.8 Å². The third-order valence-corrected chi connectivity index (χ3v) is 5.17. The van der Waals surface area contributed by atoms with Crippen LogP contribution in [-0.4, -0.2) is 14.2 Å². The number of sulfonamides is 1. The van der Waals surface area contributed by atoms with Gasteiger partial charge in [0.1, 0.15) is 0 Å². The van der Waals surface area contributed by atoms with Crippen LogP contribution >= 0.6 is 27.7 Å². The van der Waals surface area contributed by atoms with E-state index in [1.165, 1.54) is 24.3 Å². The van der Waals surface area contributed by atoms with E-state index < -0.39 is 15.8 Å². The van der Waals surface area contributed by atoms with Crippen molar-refractivity contribution in [1.82, 2.24) is 0 Å². The zero-order chi connectivity index (χ0) is 15.5. The van der Waals surface area contributed by atoms with E-state index in [4.69, 9.17) is 0 Å². The average molecular weight is 394 g/mol. The summed E-state index contributed by atoms with van der Waals surface area (Å²) in [7, 11) is -3.82. The fraction of sp³-hybridized carbons (Fsp3) is 0.0769. The second kappa shape index (κ2) is 6.76. The van der Waals surface area contributed by atoms with Crippen LogP contribution in [0.25, 0.3) is 0 Å². The van der Waals surface area contributed by atoms with Crippen LogP contribution in [0.5, 0.6) is 0 Å². The normalized spacial score (nSPS) is 11.6. The van der Waals surface area contributed by atoms with Gasteiger partial charge in [-0.3, -0.25) is 4.72 Å². The number of nitrogens with one attached hydrogen (secondary N) is 1. The number of alkyl halides is 2. The lowest BCUT2D eigenvalue weighted by molar-refractivity contribution is 0.252. The Morgan fingerprint density at radius 3 is 2.29 bits per heavy atom. The van der Waals surface area contributed by atoms with E-state index >= 15 is 0 Å². The molecule has 2 rings (SSSR count). The molecule has 0 radical (unpaired) electrons. The zero-order valence-electron chi connectivity index (χ0n) is 10.5. The summed E-state index contributed by atoms with van der Waals surface area (Å²) < 4.78 is 52.5. The Balaban J connectivity index is 2.30. The quantitative estimate of drug-likeness (QED) is 0.757. The van der Waals surface area contributed by atoms with E-state index in [1.807, 2.05) is 0 Å². The first-order chi connectivity index (χ1) is 9.88. The van der Waals surface area contributed by atoms with Crippen molar-refractivity contribution in [2.24, 2.45) is 0 Å². The third kappa shape index (κ3) is 4.42. The summed E-state index contributed by atoms with van der Waals surface area (Å²) in [5.74, 6) is -2.62. The van der Waals surface area contributed by atoms with Crippen molar-refractivity contribution in [1.29, 1.82) is 0 Å². The highest BCUT2D eigenvalue weighted by atomic mass is 79.9. The van der Waals surface area contributed by atoms with Crippen molar-refractivity contribution in [2.45, 2.75) is 15.5 Å². The smallest absolute Gasteiger partial charge is 0.278 e. The highest BCUT2D eigenvalue weighted by Crippen LogP contribution is 2.32. The monoisotopic (exact) mass is 393 g/mol. The molecule has 1 N–H and O–H groups in total. The van der Waals surface area contributed by atoms with Crippen LogP contribution in [0.15, 0.2) is 62.8 Å². The van der Waals surface area contributed by atoms with Gasteiger partial charge in [0.2, 0.25) is 0 Å². The van der Waals surface area contributed by atoms with Crippen molar-refractivity contribution in [2.75, 3.05) is 4.72 Å². The largest absolute Gasteiger partial charge is 0.288 e. The van der Waals surface area contributed by atoms with Gasteiger partial charge < -0.3 is 0 Å². The lowest BCUT2D eigenvalue weighted by Crippen LogP contribution is -2.13. The van der Waals surface area contributed by atoms with Gasteiger partial charge in [-0.1, -0.05) is 39.8 Å². The first-order valence-corrected chi connectivity index (χ1v) is 8.86. The maximum Gasteiger partial charge on any atom is 0.288 e. The first-order valence-electron chi connectivity index (χ1n) is 5.71. The van der Waals surface area contributed by atoms with Crippen LogP contribution in [0.2, 0.25) is 0 Å². The lowest BCUT2D eigenvalue weighted by Gasteiger charge is -2.12.